The number of aryl methyl sites for hydroxylation is 1. The van der Waals surface area contributed by atoms with Crippen molar-refractivity contribution in [1.82, 2.24) is 19.7 Å². The summed E-state index contributed by atoms with van der Waals surface area (Å²) in [7, 11) is 1.98. The molecule has 1 amide bonds. The number of hydrogen-bond donors (Lipinski definition) is 1. The molecule has 6 heteroatoms. The maximum atomic E-state index is 13.1. The lowest BCUT2D eigenvalue weighted by molar-refractivity contribution is 0.0659. The highest BCUT2D eigenvalue weighted by molar-refractivity contribution is 5.94. The number of H-pyrrole nitrogens is 1. The molecule has 1 N–H and O–H groups in total. The summed E-state index contributed by atoms with van der Waals surface area (Å²) < 4.78 is 1.96. The van der Waals surface area contributed by atoms with Crippen LogP contribution in [-0.4, -0.2) is 31.6 Å². The number of rotatable bonds is 4. The van der Waals surface area contributed by atoms with E-state index >= 15 is 0 Å². The number of amides is 1. The van der Waals surface area contributed by atoms with Crippen LogP contribution >= 0.6 is 0 Å². The molecule has 2 aromatic heterocycles. The van der Waals surface area contributed by atoms with Crippen molar-refractivity contribution < 1.29 is 4.79 Å². The number of nitrogens with one attached hydrogen (secondary N) is 1. The Labute approximate surface area is 146 Å². The van der Waals surface area contributed by atoms with E-state index in [4.69, 9.17) is 0 Å². The molecule has 0 atom stereocenters. The molecule has 6 nitrogen and oxygen atoms in total. The highest BCUT2D eigenvalue weighted by Crippen LogP contribution is 2.29. The molecule has 4 rings (SSSR count). The van der Waals surface area contributed by atoms with Gasteiger partial charge in [0.2, 0.25) is 0 Å². The van der Waals surface area contributed by atoms with E-state index in [1.165, 1.54) is 11.3 Å². The summed E-state index contributed by atoms with van der Waals surface area (Å²) in [5, 5.41) is 4.68. The van der Waals surface area contributed by atoms with Gasteiger partial charge < -0.3 is 9.88 Å². The molecule has 0 bridgehead atoms. The molecule has 2 aliphatic carbocycles. The average Bonchev–Trinajstić information content (AvgIpc) is 3.33. The summed E-state index contributed by atoms with van der Waals surface area (Å²) in [6.45, 7) is 0.501. The second-order valence-corrected chi connectivity index (χ2v) is 7.13. The molecule has 0 aromatic carbocycles. The minimum Gasteiger partial charge on any atom is -0.330 e. The molecular weight excluding hydrogens is 316 g/mol. The Morgan fingerprint density at radius 3 is 2.88 bits per heavy atom. The van der Waals surface area contributed by atoms with Crippen LogP contribution in [0.1, 0.15) is 59.4 Å². The van der Waals surface area contributed by atoms with Crippen LogP contribution in [0.15, 0.2) is 23.1 Å². The first-order valence-corrected chi connectivity index (χ1v) is 9.17. The molecule has 0 saturated heterocycles. The van der Waals surface area contributed by atoms with Crippen LogP contribution in [-0.2, 0) is 26.4 Å². The summed E-state index contributed by atoms with van der Waals surface area (Å²) in [6.07, 6.45) is 9.11. The van der Waals surface area contributed by atoms with Gasteiger partial charge in [0, 0.05) is 25.0 Å². The van der Waals surface area contributed by atoms with Crippen molar-refractivity contribution in [3.63, 3.8) is 0 Å². The number of hydrogen-bond acceptors (Lipinski definition) is 3. The van der Waals surface area contributed by atoms with Crippen molar-refractivity contribution in [2.45, 2.75) is 57.5 Å². The van der Waals surface area contributed by atoms with E-state index in [0.29, 0.717) is 6.54 Å². The first-order valence-electron chi connectivity index (χ1n) is 9.17. The zero-order valence-electron chi connectivity index (χ0n) is 14.6. The Bertz CT molecular complexity index is 845. The van der Waals surface area contributed by atoms with Crippen molar-refractivity contribution in [3.8, 4) is 0 Å². The fourth-order valence-electron chi connectivity index (χ4n) is 4.31. The molecule has 0 spiro atoms. The van der Waals surface area contributed by atoms with Crippen molar-refractivity contribution in [3.05, 3.63) is 51.2 Å². The van der Waals surface area contributed by atoms with Crippen LogP contribution in [0.3, 0.4) is 0 Å². The first-order chi connectivity index (χ1) is 12.1. The van der Waals surface area contributed by atoms with E-state index in [1.54, 1.807) is 18.3 Å². The van der Waals surface area contributed by atoms with Crippen LogP contribution in [0, 0.1) is 0 Å². The molecule has 1 saturated carbocycles. The standard InChI is InChI=1S/C19H24N4O2/c1-22-17-10-4-8-14(17)16(21-22)12-23(13-6-2-3-7-13)19(25)15-9-5-11-20-18(15)24/h5,9,11,13H,2-4,6-8,10,12H2,1H3,(H,20,24). The third-order valence-electron chi connectivity index (χ3n) is 5.59. The maximum Gasteiger partial charge on any atom is 0.260 e. The van der Waals surface area contributed by atoms with Gasteiger partial charge in [-0.05, 0) is 49.8 Å². The molecule has 0 aliphatic heterocycles. The Morgan fingerprint density at radius 2 is 2.12 bits per heavy atom. The van der Waals surface area contributed by atoms with Crippen LogP contribution in [0.5, 0.6) is 0 Å². The van der Waals surface area contributed by atoms with E-state index in [9.17, 15) is 9.59 Å². The SMILES string of the molecule is Cn1nc(CN(C(=O)c2ccc[nH]c2=O)C2CCCC2)c2c1CCC2. The summed E-state index contributed by atoms with van der Waals surface area (Å²) in [6, 6.07) is 3.53. The van der Waals surface area contributed by atoms with Crippen LogP contribution in [0.4, 0.5) is 0 Å². The van der Waals surface area contributed by atoms with Gasteiger partial charge >= 0.3 is 0 Å². The normalized spacial score (nSPS) is 17.0. The lowest BCUT2D eigenvalue weighted by Crippen LogP contribution is -2.40. The molecule has 2 heterocycles. The van der Waals surface area contributed by atoms with Gasteiger partial charge in [-0.2, -0.15) is 5.10 Å². The van der Waals surface area contributed by atoms with E-state index in [0.717, 1.165) is 50.6 Å². The third-order valence-corrected chi connectivity index (χ3v) is 5.59. The predicted octanol–water partition coefficient (Wildman–Crippen LogP) is 2.18. The van der Waals surface area contributed by atoms with Gasteiger partial charge in [0.05, 0.1) is 12.2 Å². The molecule has 132 valence electrons. The monoisotopic (exact) mass is 340 g/mol. The van der Waals surface area contributed by atoms with Crippen molar-refractivity contribution in [2.24, 2.45) is 7.05 Å². The average molecular weight is 340 g/mol. The minimum atomic E-state index is -0.318. The van der Waals surface area contributed by atoms with Crippen LogP contribution in [0.25, 0.3) is 0 Å². The van der Waals surface area contributed by atoms with Gasteiger partial charge in [-0.3, -0.25) is 14.3 Å². The number of nitrogens with zero attached hydrogens (tertiary/aromatic N) is 3. The highest BCUT2D eigenvalue weighted by Gasteiger charge is 2.31. The molecule has 2 aromatic rings. The molecule has 0 unspecified atom stereocenters. The Kier molecular flexibility index (Phi) is 4.19. The lowest BCUT2D eigenvalue weighted by atomic mass is 10.1. The molecule has 1 fully saturated rings. The number of fused-ring (bicyclic) bond motifs is 1. The fraction of sp³-hybridized carbons (Fsp3) is 0.526. The summed E-state index contributed by atoms with van der Waals surface area (Å²) >= 11 is 0. The minimum absolute atomic E-state index is 0.175. The quantitative estimate of drug-likeness (QED) is 0.927. The largest absolute Gasteiger partial charge is 0.330 e. The topological polar surface area (TPSA) is 71.0 Å². The Morgan fingerprint density at radius 1 is 1.32 bits per heavy atom. The smallest absolute Gasteiger partial charge is 0.260 e. The fourth-order valence-corrected chi connectivity index (χ4v) is 4.31. The lowest BCUT2D eigenvalue weighted by Gasteiger charge is -2.28. The third kappa shape index (κ3) is 2.90. The van der Waals surface area contributed by atoms with Gasteiger partial charge in [0.25, 0.3) is 11.5 Å². The van der Waals surface area contributed by atoms with Gasteiger partial charge in [-0.25, -0.2) is 0 Å². The predicted molar refractivity (Wildman–Crippen MR) is 94.4 cm³/mol. The van der Waals surface area contributed by atoms with Gasteiger partial charge in [0.15, 0.2) is 0 Å². The van der Waals surface area contributed by atoms with Crippen LogP contribution < -0.4 is 5.56 Å². The number of pyridine rings is 1. The second kappa shape index (κ2) is 6.50. The summed E-state index contributed by atoms with van der Waals surface area (Å²) in [4.78, 5) is 29.7. The Hall–Kier alpha value is -2.37. The van der Waals surface area contributed by atoms with E-state index in [2.05, 4.69) is 10.1 Å². The molecule has 25 heavy (non-hydrogen) atoms. The van der Waals surface area contributed by atoms with Gasteiger partial charge in [0.1, 0.15) is 5.56 Å². The molecule has 2 aliphatic rings. The maximum absolute atomic E-state index is 13.1. The zero-order valence-corrected chi connectivity index (χ0v) is 14.6. The van der Waals surface area contributed by atoms with Crippen molar-refractivity contribution >= 4 is 5.91 Å². The summed E-state index contributed by atoms with van der Waals surface area (Å²) in [5.41, 5.74) is 3.51. The second-order valence-electron chi connectivity index (χ2n) is 7.13. The van der Waals surface area contributed by atoms with Gasteiger partial charge in [-0.15, -0.1) is 0 Å². The van der Waals surface area contributed by atoms with Crippen LogP contribution in [0.2, 0.25) is 0 Å². The zero-order chi connectivity index (χ0) is 17.4. The van der Waals surface area contributed by atoms with Crippen molar-refractivity contribution in [2.75, 3.05) is 0 Å². The van der Waals surface area contributed by atoms with E-state index in [1.807, 2.05) is 16.6 Å². The van der Waals surface area contributed by atoms with Crippen molar-refractivity contribution in [1.29, 1.82) is 0 Å². The number of carbonyl (C=O) groups excluding carboxylic acids is 1. The van der Waals surface area contributed by atoms with Gasteiger partial charge in [-0.1, -0.05) is 12.8 Å². The van der Waals surface area contributed by atoms with E-state index in [-0.39, 0.29) is 23.1 Å². The Balaban J connectivity index is 1.67. The number of aromatic nitrogens is 3. The molecule has 0 radical (unpaired) electrons. The highest BCUT2D eigenvalue weighted by atomic mass is 16.2. The first kappa shape index (κ1) is 16.1. The number of aromatic amines is 1. The summed E-state index contributed by atoms with van der Waals surface area (Å²) in [5.74, 6) is -0.175. The van der Waals surface area contributed by atoms with E-state index < -0.39 is 0 Å². The molecular formula is C19H24N4O2. The number of carbonyl (C=O) groups is 1.